The summed E-state index contributed by atoms with van der Waals surface area (Å²) in [4.78, 5) is 18.2. The van der Waals surface area contributed by atoms with Gasteiger partial charge in [-0.25, -0.2) is 0 Å². The van der Waals surface area contributed by atoms with Gasteiger partial charge in [-0.05, 0) is 49.4 Å². The Labute approximate surface area is 179 Å². The molecule has 1 amide bonds. The molecule has 2 fully saturated rings. The first-order valence-electron chi connectivity index (χ1n) is 11.3. The minimum absolute atomic E-state index is 0.292. The average molecular weight is 402 g/mol. The van der Waals surface area contributed by atoms with Crippen LogP contribution in [-0.2, 0) is 24.8 Å². The van der Waals surface area contributed by atoms with Crippen LogP contribution in [0.15, 0.2) is 60.8 Å². The molecule has 0 radical (unpaired) electrons. The van der Waals surface area contributed by atoms with E-state index in [2.05, 4.69) is 82.2 Å². The van der Waals surface area contributed by atoms with Crippen LogP contribution in [-0.4, -0.2) is 45.4 Å². The SMILES string of the molecule is Cn1cc(CC(=O)N2CCC[C@H]2[C@H]2CCCN2Cc2ccccc2)c2ccccc21. The minimum atomic E-state index is 0.292. The number of benzene rings is 2. The second-order valence-corrected chi connectivity index (χ2v) is 8.92. The van der Waals surface area contributed by atoms with E-state index in [0.29, 0.717) is 24.4 Å². The number of rotatable bonds is 5. The predicted octanol–water partition coefficient (Wildman–Crippen LogP) is 4.38. The lowest BCUT2D eigenvalue weighted by atomic mass is 10.0. The molecule has 0 N–H and O–H groups in total. The zero-order valence-electron chi connectivity index (χ0n) is 17.8. The van der Waals surface area contributed by atoms with Gasteiger partial charge in [0.15, 0.2) is 0 Å². The fraction of sp³-hybridized carbons (Fsp3) is 0.423. The van der Waals surface area contributed by atoms with E-state index >= 15 is 0 Å². The average Bonchev–Trinajstić information content (AvgIpc) is 3.49. The first-order valence-corrected chi connectivity index (χ1v) is 11.3. The van der Waals surface area contributed by atoms with Crippen LogP contribution in [0.4, 0.5) is 0 Å². The van der Waals surface area contributed by atoms with Crippen LogP contribution in [0.2, 0.25) is 0 Å². The van der Waals surface area contributed by atoms with Crippen molar-refractivity contribution in [1.29, 1.82) is 0 Å². The number of hydrogen-bond donors (Lipinski definition) is 0. The number of para-hydroxylation sites is 1. The van der Waals surface area contributed by atoms with Gasteiger partial charge in [0.25, 0.3) is 0 Å². The highest BCUT2D eigenvalue weighted by atomic mass is 16.2. The second-order valence-electron chi connectivity index (χ2n) is 8.92. The second kappa shape index (κ2) is 8.27. The lowest BCUT2D eigenvalue weighted by molar-refractivity contribution is -0.132. The number of carbonyl (C=O) groups is 1. The third kappa shape index (κ3) is 3.65. The van der Waals surface area contributed by atoms with E-state index in [0.717, 1.165) is 38.0 Å². The molecule has 2 aliphatic rings. The molecule has 4 nitrogen and oxygen atoms in total. The Bertz CT molecular complexity index is 1030. The van der Waals surface area contributed by atoms with Crippen molar-refractivity contribution in [2.45, 2.75) is 50.7 Å². The normalized spacial score (nSPS) is 22.2. The molecule has 0 spiro atoms. The fourth-order valence-electron chi connectivity index (χ4n) is 5.63. The Morgan fingerprint density at radius 3 is 2.53 bits per heavy atom. The van der Waals surface area contributed by atoms with Crippen molar-refractivity contribution in [3.63, 3.8) is 0 Å². The molecule has 3 aromatic rings. The van der Waals surface area contributed by atoms with Crippen molar-refractivity contribution in [2.24, 2.45) is 7.05 Å². The van der Waals surface area contributed by atoms with Gasteiger partial charge in [0.05, 0.1) is 6.42 Å². The Kier molecular flexibility index (Phi) is 5.34. The number of amides is 1. The van der Waals surface area contributed by atoms with Gasteiger partial charge in [0.1, 0.15) is 0 Å². The van der Waals surface area contributed by atoms with Crippen molar-refractivity contribution in [3.8, 4) is 0 Å². The standard InChI is InChI=1S/C26H31N3O/c1-27-19-21(22-11-5-6-12-23(22)27)17-26(30)29-16-8-14-25(29)24-13-7-15-28(24)18-20-9-3-2-4-10-20/h2-6,9-12,19,24-25H,7-8,13-18H2,1H3/t24-,25+/m1/s1. The highest BCUT2D eigenvalue weighted by molar-refractivity contribution is 5.89. The molecule has 4 heteroatoms. The summed E-state index contributed by atoms with van der Waals surface area (Å²) in [6.45, 7) is 3.04. The van der Waals surface area contributed by atoms with Crippen LogP contribution in [0.25, 0.3) is 10.9 Å². The Morgan fingerprint density at radius 1 is 0.933 bits per heavy atom. The molecule has 0 bridgehead atoms. The summed E-state index contributed by atoms with van der Waals surface area (Å²) >= 11 is 0. The van der Waals surface area contributed by atoms with E-state index < -0.39 is 0 Å². The summed E-state index contributed by atoms with van der Waals surface area (Å²) in [5.41, 5.74) is 3.72. The smallest absolute Gasteiger partial charge is 0.227 e. The summed E-state index contributed by atoms with van der Waals surface area (Å²) < 4.78 is 2.14. The summed E-state index contributed by atoms with van der Waals surface area (Å²) in [6.07, 6.45) is 7.34. The van der Waals surface area contributed by atoms with Gasteiger partial charge in [0, 0.05) is 49.3 Å². The van der Waals surface area contributed by atoms with Crippen molar-refractivity contribution in [3.05, 3.63) is 71.9 Å². The number of aromatic nitrogens is 1. The number of likely N-dealkylation sites (tertiary alicyclic amines) is 2. The summed E-state index contributed by atoms with van der Waals surface area (Å²) in [6, 6.07) is 20.0. The first-order chi connectivity index (χ1) is 14.7. The van der Waals surface area contributed by atoms with Gasteiger partial charge in [-0.1, -0.05) is 48.5 Å². The molecule has 2 saturated heterocycles. The lowest BCUT2D eigenvalue weighted by Crippen LogP contribution is -2.48. The predicted molar refractivity (Wildman–Crippen MR) is 121 cm³/mol. The molecule has 30 heavy (non-hydrogen) atoms. The molecular formula is C26H31N3O. The number of aryl methyl sites for hydroxylation is 1. The minimum Gasteiger partial charge on any atom is -0.350 e. The van der Waals surface area contributed by atoms with Gasteiger partial charge < -0.3 is 9.47 Å². The molecule has 2 aromatic carbocycles. The molecule has 2 aliphatic heterocycles. The highest BCUT2D eigenvalue weighted by Gasteiger charge is 2.39. The van der Waals surface area contributed by atoms with Crippen molar-refractivity contribution in [2.75, 3.05) is 13.1 Å². The van der Waals surface area contributed by atoms with Gasteiger partial charge in [-0.15, -0.1) is 0 Å². The maximum absolute atomic E-state index is 13.4. The van der Waals surface area contributed by atoms with Crippen molar-refractivity contribution in [1.82, 2.24) is 14.4 Å². The Morgan fingerprint density at radius 2 is 1.67 bits per heavy atom. The van der Waals surface area contributed by atoms with E-state index in [1.165, 1.54) is 29.3 Å². The lowest BCUT2D eigenvalue weighted by Gasteiger charge is -2.35. The third-order valence-corrected chi connectivity index (χ3v) is 7.03. The number of carbonyl (C=O) groups excluding carboxylic acids is 1. The van der Waals surface area contributed by atoms with Gasteiger partial charge in [-0.3, -0.25) is 9.69 Å². The maximum atomic E-state index is 13.4. The molecule has 0 aliphatic carbocycles. The van der Waals surface area contributed by atoms with Crippen molar-refractivity contribution >= 4 is 16.8 Å². The topological polar surface area (TPSA) is 28.5 Å². The largest absolute Gasteiger partial charge is 0.350 e. The molecule has 0 saturated carbocycles. The molecule has 156 valence electrons. The monoisotopic (exact) mass is 401 g/mol. The first kappa shape index (κ1) is 19.4. The molecule has 1 aromatic heterocycles. The highest BCUT2D eigenvalue weighted by Crippen LogP contribution is 2.32. The summed E-state index contributed by atoms with van der Waals surface area (Å²) in [5, 5.41) is 1.20. The third-order valence-electron chi connectivity index (χ3n) is 7.03. The molecule has 2 atom stereocenters. The quantitative estimate of drug-likeness (QED) is 0.635. The Hall–Kier alpha value is -2.59. The molecule has 5 rings (SSSR count). The van der Waals surface area contributed by atoms with Gasteiger partial charge in [-0.2, -0.15) is 0 Å². The van der Waals surface area contributed by atoms with Crippen LogP contribution >= 0.6 is 0 Å². The summed E-state index contributed by atoms with van der Waals surface area (Å²) in [7, 11) is 2.06. The fourth-order valence-corrected chi connectivity index (χ4v) is 5.63. The van der Waals surface area contributed by atoms with Crippen LogP contribution in [0.5, 0.6) is 0 Å². The van der Waals surface area contributed by atoms with E-state index in [-0.39, 0.29) is 0 Å². The molecular weight excluding hydrogens is 370 g/mol. The van der Waals surface area contributed by atoms with Gasteiger partial charge >= 0.3 is 0 Å². The van der Waals surface area contributed by atoms with E-state index in [9.17, 15) is 4.79 Å². The van der Waals surface area contributed by atoms with E-state index in [1.807, 2.05) is 0 Å². The van der Waals surface area contributed by atoms with Crippen LogP contribution in [0, 0.1) is 0 Å². The summed E-state index contributed by atoms with van der Waals surface area (Å²) in [5.74, 6) is 0.292. The molecule has 3 heterocycles. The van der Waals surface area contributed by atoms with Crippen LogP contribution < -0.4 is 0 Å². The molecule has 0 unspecified atom stereocenters. The zero-order valence-corrected chi connectivity index (χ0v) is 17.8. The van der Waals surface area contributed by atoms with Gasteiger partial charge in [0.2, 0.25) is 5.91 Å². The van der Waals surface area contributed by atoms with Crippen LogP contribution in [0.3, 0.4) is 0 Å². The zero-order chi connectivity index (χ0) is 20.5. The van der Waals surface area contributed by atoms with Crippen LogP contribution in [0.1, 0.15) is 36.8 Å². The number of nitrogens with zero attached hydrogens (tertiary/aromatic N) is 3. The number of hydrogen-bond acceptors (Lipinski definition) is 2. The number of fused-ring (bicyclic) bond motifs is 1. The Balaban J connectivity index is 1.32. The van der Waals surface area contributed by atoms with E-state index in [4.69, 9.17) is 0 Å². The van der Waals surface area contributed by atoms with E-state index in [1.54, 1.807) is 0 Å². The van der Waals surface area contributed by atoms with Crippen molar-refractivity contribution < 1.29 is 4.79 Å². The maximum Gasteiger partial charge on any atom is 0.227 e.